The number of ether oxygens (including phenoxy) is 2. The smallest absolute Gasteiger partial charge is 0.263 e. The Labute approximate surface area is 243 Å². The molecule has 40 heavy (non-hydrogen) atoms. The van der Waals surface area contributed by atoms with Crippen molar-refractivity contribution in [1.29, 1.82) is 0 Å². The molecule has 0 aliphatic heterocycles. The Bertz CT molecular complexity index is 1750. The summed E-state index contributed by atoms with van der Waals surface area (Å²) in [6.07, 6.45) is 2.89. The second-order valence-electron chi connectivity index (χ2n) is 8.99. The fraction of sp³-hybridized carbons (Fsp3) is 0.133. The van der Waals surface area contributed by atoms with Crippen LogP contribution in [0.4, 0.5) is 0 Å². The highest BCUT2D eigenvalue weighted by Crippen LogP contribution is 2.31. The van der Waals surface area contributed by atoms with Crippen molar-refractivity contribution in [3.8, 4) is 22.6 Å². The van der Waals surface area contributed by atoms with Crippen molar-refractivity contribution in [3.05, 3.63) is 110 Å². The predicted octanol–water partition coefficient (Wildman–Crippen LogP) is 5.93. The van der Waals surface area contributed by atoms with E-state index in [4.69, 9.17) is 9.47 Å². The zero-order valence-electron chi connectivity index (χ0n) is 21.8. The van der Waals surface area contributed by atoms with Gasteiger partial charge in [0.15, 0.2) is 11.5 Å². The van der Waals surface area contributed by atoms with Gasteiger partial charge in [0.05, 0.1) is 25.0 Å². The van der Waals surface area contributed by atoms with E-state index in [1.54, 1.807) is 25.3 Å². The van der Waals surface area contributed by atoms with Gasteiger partial charge in [-0.25, -0.2) is 10.4 Å². The number of aryl methyl sites for hydroxylation is 1. The molecule has 0 spiro atoms. The molecule has 0 atom stereocenters. The molecule has 8 nitrogen and oxygen atoms in total. The van der Waals surface area contributed by atoms with Crippen molar-refractivity contribution in [2.24, 2.45) is 5.10 Å². The van der Waals surface area contributed by atoms with E-state index in [-0.39, 0.29) is 12.1 Å². The minimum Gasteiger partial charge on any atom is -0.493 e. The van der Waals surface area contributed by atoms with Crippen LogP contribution >= 0.6 is 27.3 Å². The van der Waals surface area contributed by atoms with Crippen LogP contribution in [0.15, 0.2) is 92.8 Å². The van der Waals surface area contributed by atoms with E-state index >= 15 is 0 Å². The van der Waals surface area contributed by atoms with Crippen molar-refractivity contribution in [1.82, 2.24) is 15.0 Å². The normalized spacial score (nSPS) is 11.2. The van der Waals surface area contributed by atoms with E-state index in [0.717, 1.165) is 26.7 Å². The van der Waals surface area contributed by atoms with Crippen LogP contribution in [-0.2, 0) is 17.9 Å². The van der Waals surface area contributed by atoms with E-state index in [1.165, 1.54) is 28.4 Å². The summed E-state index contributed by atoms with van der Waals surface area (Å²) >= 11 is 4.83. The quantitative estimate of drug-likeness (QED) is 0.163. The van der Waals surface area contributed by atoms with Crippen molar-refractivity contribution >= 4 is 49.6 Å². The van der Waals surface area contributed by atoms with Crippen LogP contribution in [0.25, 0.3) is 21.3 Å². The Morgan fingerprint density at radius 1 is 1.10 bits per heavy atom. The summed E-state index contributed by atoms with van der Waals surface area (Å²) in [4.78, 5) is 30.8. The number of halogens is 1. The van der Waals surface area contributed by atoms with Crippen molar-refractivity contribution < 1.29 is 14.3 Å². The molecule has 2 aromatic heterocycles. The molecule has 3 aromatic carbocycles. The number of methoxy groups -OCH3 is 1. The van der Waals surface area contributed by atoms with Gasteiger partial charge in [-0.3, -0.25) is 14.2 Å². The maximum Gasteiger partial charge on any atom is 0.263 e. The number of carbonyl (C=O) groups excluding carboxylic acids is 1. The summed E-state index contributed by atoms with van der Waals surface area (Å²) in [5.74, 6) is 0.679. The number of carbonyl (C=O) groups is 1. The number of rotatable bonds is 9. The SMILES string of the molecule is COc1cc(/C=N/NC(=O)Cn2cnc3scc(-c4ccc(C)cc4)c3c2=O)ccc1OCc1ccc(Br)cc1. The number of thiophene rings is 1. The van der Waals surface area contributed by atoms with Crippen molar-refractivity contribution in [2.75, 3.05) is 7.11 Å². The summed E-state index contributed by atoms with van der Waals surface area (Å²) in [7, 11) is 1.56. The maximum absolute atomic E-state index is 13.2. The second-order valence-corrected chi connectivity index (χ2v) is 10.8. The summed E-state index contributed by atoms with van der Waals surface area (Å²) in [6, 6.07) is 21.2. The number of hydrogen-bond acceptors (Lipinski definition) is 7. The summed E-state index contributed by atoms with van der Waals surface area (Å²) in [6.45, 7) is 2.19. The number of aromatic nitrogens is 2. The molecule has 10 heteroatoms. The molecule has 1 N–H and O–H groups in total. The predicted molar refractivity (Wildman–Crippen MR) is 161 cm³/mol. The molecule has 2 heterocycles. The lowest BCUT2D eigenvalue weighted by molar-refractivity contribution is -0.121. The highest BCUT2D eigenvalue weighted by atomic mass is 79.9. The van der Waals surface area contributed by atoms with Gasteiger partial charge >= 0.3 is 0 Å². The molecule has 5 rings (SSSR count). The Kier molecular flexibility index (Phi) is 8.37. The van der Waals surface area contributed by atoms with Gasteiger partial charge in [0.1, 0.15) is 18.0 Å². The summed E-state index contributed by atoms with van der Waals surface area (Å²) in [5.41, 5.74) is 6.81. The first-order valence-electron chi connectivity index (χ1n) is 12.3. The first kappa shape index (κ1) is 27.3. The summed E-state index contributed by atoms with van der Waals surface area (Å²) < 4.78 is 13.7. The van der Waals surface area contributed by atoms with Gasteiger partial charge in [0.25, 0.3) is 11.5 Å². The first-order valence-corrected chi connectivity index (χ1v) is 14.0. The number of benzene rings is 3. The average Bonchev–Trinajstić information content (AvgIpc) is 3.40. The van der Waals surface area contributed by atoms with E-state index < -0.39 is 5.91 Å². The van der Waals surface area contributed by atoms with Crippen molar-refractivity contribution in [2.45, 2.75) is 20.1 Å². The number of hydrogen-bond donors (Lipinski definition) is 1. The Hall–Kier alpha value is -4.28. The van der Waals surface area contributed by atoms with E-state index in [9.17, 15) is 9.59 Å². The molecule has 0 unspecified atom stereocenters. The molecule has 0 radical (unpaired) electrons. The summed E-state index contributed by atoms with van der Waals surface area (Å²) in [5, 5.41) is 6.46. The van der Waals surface area contributed by atoms with Crippen LogP contribution in [0.1, 0.15) is 16.7 Å². The third-order valence-electron chi connectivity index (χ3n) is 6.14. The van der Waals surface area contributed by atoms with Crippen LogP contribution in [0.2, 0.25) is 0 Å². The van der Waals surface area contributed by atoms with Gasteiger partial charge in [0.2, 0.25) is 0 Å². The maximum atomic E-state index is 13.2. The first-order chi connectivity index (χ1) is 19.4. The number of hydrazone groups is 1. The number of fused-ring (bicyclic) bond motifs is 1. The fourth-order valence-corrected chi connectivity index (χ4v) is 5.19. The number of nitrogens with one attached hydrogen (secondary N) is 1. The molecule has 0 saturated carbocycles. The second kappa shape index (κ2) is 12.3. The van der Waals surface area contributed by atoms with Crippen LogP contribution in [0, 0.1) is 6.92 Å². The Balaban J connectivity index is 1.24. The minimum atomic E-state index is -0.451. The lowest BCUT2D eigenvalue weighted by Crippen LogP contribution is -2.30. The molecular formula is C30H25BrN4O4S. The Morgan fingerprint density at radius 2 is 1.88 bits per heavy atom. The molecule has 202 valence electrons. The highest BCUT2D eigenvalue weighted by Gasteiger charge is 2.15. The third-order valence-corrected chi connectivity index (χ3v) is 7.55. The van der Waals surface area contributed by atoms with Gasteiger partial charge in [-0.15, -0.1) is 11.3 Å². The van der Waals surface area contributed by atoms with Gasteiger partial charge in [0, 0.05) is 15.4 Å². The van der Waals surface area contributed by atoms with Gasteiger partial charge in [-0.2, -0.15) is 5.10 Å². The van der Waals surface area contributed by atoms with E-state index in [0.29, 0.717) is 33.9 Å². The van der Waals surface area contributed by atoms with Crippen LogP contribution in [0.5, 0.6) is 11.5 Å². The van der Waals surface area contributed by atoms with Crippen molar-refractivity contribution in [3.63, 3.8) is 0 Å². The molecule has 0 aliphatic rings. The van der Waals surface area contributed by atoms with Crippen LogP contribution in [0.3, 0.4) is 0 Å². The average molecular weight is 618 g/mol. The molecular weight excluding hydrogens is 592 g/mol. The topological polar surface area (TPSA) is 94.8 Å². The monoisotopic (exact) mass is 616 g/mol. The standard InChI is InChI=1S/C30H25BrN4O4S/c1-19-3-8-22(9-4-19)24-17-40-29-28(24)30(37)35(18-32-29)15-27(36)34-33-14-21-7-12-25(26(13-21)38-2)39-16-20-5-10-23(31)11-6-20/h3-14,17-18H,15-16H2,1-2H3,(H,34,36)/b33-14+. The molecule has 0 aliphatic carbocycles. The van der Waals surface area contributed by atoms with Gasteiger partial charge in [-0.05, 0) is 53.9 Å². The number of nitrogens with zero attached hydrogens (tertiary/aromatic N) is 3. The molecule has 0 fully saturated rings. The van der Waals surface area contributed by atoms with Gasteiger partial charge in [-0.1, -0.05) is 57.9 Å². The molecule has 1 amide bonds. The van der Waals surface area contributed by atoms with E-state index in [2.05, 4.69) is 31.4 Å². The minimum absolute atomic E-state index is 0.214. The number of amides is 1. The van der Waals surface area contributed by atoms with Crippen LogP contribution < -0.4 is 20.5 Å². The van der Waals surface area contributed by atoms with Gasteiger partial charge < -0.3 is 9.47 Å². The third kappa shape index (κ3) is 6.30. The fourth-order valence-electron chi connectivity index (χ4n) is 4.02. The van der Waals surface area contributed by atoms with E-state index in [1.807, 2.05) is 60.8 Å². The Morgan fingerprint density at radius 3 is 2.62 bits per heavy atom. The lowest BCUT2D eigenvalue weighted by atomic mass is 10.1. The zero-order valence-corrected chi connectivity index (χ0v) is 24.2. The molecule has 5 aromatic rings. The molecule has 0 bridgehead atoms. The highest BCUT2D eigenvalue weighted by molar-refractivity contribution is 9.10. The largest absolute Gasteiger partial charge is 0.493 e. The zero-order chi connectivity index (χ0) is 28.1. The van der Waals surface area contributed by atoms with Crippen LogP contribution in [-0.4, -0.2) is 28.8 Å². The lowest BCUT2D eigenvalue weighted by Gasteiger charge is -2.11. The molecule has 0 saturated heterocycles.